The summed E-state index contributed by atoms with van der Waals surface area (Å²) in [5, 5.41) is 9.63. The van der Waals surface area contributed by atoms with E-state index in [0.717, 1.165) is 16.5 Å². The van der Waals surface area contributed by atoms with E-state index < -0.39 is 0 Å². The normalized spacial score (nSPS) is 26.9. The Morgan fingerprint density at radius 3 is 2.61 bits per heavy atom. The molecular formula is C14H19BrO3. The molecule has 0 amide bonds. The van der Waals surface area contributed by atoms with Gasteiger partial charge in [-0.1, -0.05) is 35.0 Å². The second-order valence-corrected chi connectivity index (χ2v) is 5.53. The molecule has 1 saturated carbocycles. The molecule has 2 rings (SSSR count). The van der Waals surface area contributed by atoms with E-state index in [1.54, 1.807) is 0 Å². The summed E-state index contributed by atoms with van der Waals surface area (Å²) in [7, 11) is 0. The Morgan fingerprint density at radius 1 is 1.28 bits per heavy atom. The third-order valence-corrected chi connectivity index (χ3v) is 3.64. The molecule has 4 heteroatoms. The van der Waals surface area contributed by atoms with E-state index >= 15 is 0 Å². The minimum absolute atomic E-state index is 0.0233. The molecule has 0 radical (unpaired) electrons. The molecule has 0 aromatic heterocycles. The summed E-state index contributed by atoms with van der Waals surface area (Å²) in [6, 6.07) is 8.06. The van der Waals surface area contributed by atoms with E-state index in [2.05, 4.69) is 22.9 Å². The fourth-order valence-corrected chi connectivity index (χ4v) is 2.24. The number of hydrogen-bond acceptors (Lipinski definition) is 3. The van der Waals surface area contributed by atoms with Crippen molar-refractivity contribution in [3.63, 3.8) is 0 Å². The second kappa shape index (κ2) is 6.66. The molecule has 3 atom stereocenters. The number of aliphatic hydroxyl groups excluding tert-OH is 1. The van der Waals surface area contributed by atoms with E-state index in [4.69, 9.17) is 9.47 Å². The lowest BCUT2D eigenvalue weighted by molar-refractivity contribution is -0.196. The van der Waals surface area contributed by atoms with Crippen LogP contribution >= 0.6 is 15.9 Å². The minimum atomic E-state index is -0.369. The van der Waals surface area contributed by atoms with Crippen molar-refractivity contribution < 1.29 is 14.6 Å². The summed E-state index contributed by atoms with van der Waals surface area (Å²) in [5.41, 5.74) is 1.13. The molecule has 3 nitrogen and oxygen atoms in total. The van der Waals surface area contributed by atoms with Crippen molar-refractivity contribution >= 4 is 15.9 Å². The molecule has 1 aliphatic rings. The molecule has 1 N–H and O–H groups in total. The summed E-state index contributed by atoms with van der Waals surface area (Å²) in [5.74, 6) is 0. The number of halogens is 1. The smallest absolute Gasteiger partial charge is 0.110 e. The average Bonchev–Trinajstić information content (AvgIpc) is 2.36. The summed E-state index contributed by atoms with van der Waals surface area (Å²) in [6.45, 7) is 3.30. The van der Waals surface area contributed by atoms with Gasteiger partial charge in [-0.15, -0.1) is 0 Å². The van der Waals surface area contributed by atoms with Crippen LogP contribution < -0.4 is 0 Å². The van der Waals surface area contributed by atoms with Gasteiger partial charge in [0.05, 0.1) is 18.8 Å². The highest BCUT2D eigenvalue weighted by Gasteiger charge is 2.41. The van der Waals surface area contributed by atoms with Crippen LogP contribution in [0.1, 0.15) is 25.3 Å². The predicted molar refractivity (Wildman–Crippen MR) is 73.4 cm³/mol. The fourth-order valence-electron chi connectivity index (χ4n) is 1.98. The van der Waals surface area contributed by atoms with Gasteiger partial charge in [-0.05, 0) is 24.1 Å². The van der Waals surface area contributed by atoms with Crippen molar-refractivity contribution in [3.8, 4) is 0 Å². The van der Waals surface area contributed by atoms with Crippen LogP contribution in [0.25, 0.3) is 0 Å². The molecule has 0 saturated heterocycles. The molecular weight excluding hydrogens is 296 g/mol. The number of aliphatic hydroxyl groups is 1. The van der Waals surface area contributed by atoms with Gasteiger partial charge in [0, 0.05) is 17.5 Å². The Labute approximate surface area is 116 Å². The Morgan fingerprint density at radius 2 is 2.00 bits per heavy atom. The lowest BCUT2D eigenvalue weighted by Gasteiger charge is -2.40. The highest BCUT2D eigenvalue weighted by molar-refractivity contribution is 9.10. The quantitative estimate of drug-likeness (QED) is 0.877. The van der Waals surface area contributed by atoms with Crippen LogP contribution in [0.15, 0.2) is 28.7 Å². The first-order chi connectivity index (χ1) is 8.70. The van der Waals surface area contributed by atoms with Crippen LogP contribution in [0.3, 0.4) is 0 Å². The Kier molecular flexibility index (Phi) is 5.18. The highest BCUT2D eigenvalue weighted by Crippen LogP contribution is 2.28. The largest absolute Gasteiger partial charge is 0.390 e. The number of rotatable bonds is 6. The van der Waals surface area contributed by atoms with Crippen molar-refractivity contribution in [2.24, 2.45) is 0 Å². The van der Waals surface area contributed by atoms with Gasteiger partial charge in [-0.25, -0.2) is 0 Å². The van der Waals surface area contributed by atoms with Gasteiger partial charge in [0.15, 0.2) is 0 Å². The first kappa shape index (κ1) is 14.0. The van der Waals surface area contributed by atoms with Gasteiger partial charge in [0.25, 0.3) is 0 Å². The van der Waals surface area contributed by atoms with Crippen molar-refractivity contribution in [2.75, 3.05) is 6.61 Å². The van der Waals surface area contributed by atoms with Crippen molar-refractivity contribution in [3.05, 3.63) is 34.3 Å². The molecule has 1 aromatic carbocycles. The fraction of sp³-hybridized carbons (Fsp3) is 0.571. The molecule has 1 aliphatic carbocycles. The molecule has 0 spiro atoms. The maximum atomic E-state index is 9.63. The van der Waals surface area contributed by atoms with E-state index in [9.17, 15) is 5.11 Å². The SMILES string of the molecule is CCCOC1C(O)CC1OCc1ccc(Br)cc1. The average molecular weight is 315 g/mol. The van der Waals surface area contributed by atoms with Gasteiger partial charge in [0.2, 0.25) is 0 Å². The zero-order valence-electron chi connectivity index (χ0n) is 10.5. The van der Waals surface area contributed by atoms with Crippen LogP contribution in [-0.2, 0) is 16.1 Å². The van der Waals surface area contributed by atoms with Gasteiger partial charge in [-0.3, -0.25) is 0 Å². The molecule has 1 aromatic rings. The summed E-state index contributed by atoms with van der Waals surface area (Å²) in [4.78, 5) is 0. The topological polar surface area (TPSA) is 38.7 Å². The van der Waals surface area contributed by atoms with Crippen LogP contribution in [0.5, 0.6) is 0 Å². The van der Waals surface area contributed by atoms with Crippen LogP contribution in [0.4, 0.5) is 0 Å². The standard InChI is InChI=1S/C14H19BrO3/c1-2-7-17-14-12(16)8-13(14)18-9-10-3-5-11(15)6-4-10/h3-6,12-14,16H,2,7-9H2,1H3. The molecule has 1 fully saturated rings. The molecule has 3 unspecified atom stereocenters. The predicted octanol–water partition coefficient (Wildman–Crippen LogP) is 2.89. The molecule has 0 bridgehead atoms. The monoisotopic (exact) mass is 314 g/mol. The molecule has 18 heavy (non-hydrogen) atoms. The number of benzene rings is 1. The van der Waals surface area contributed by atoms with Gasteiger partial charge < -0.3 is 14.6 Å². The molecule has 0 aliphatic heterocycles. The van der Waals surface area contributed by atoms with Crippen LogP contribution in [0, 0.1) is 0 Å². The van der Waals surface area contributed by atoms with Crippen molar-refractivity contribution in [1.29, 1.82) is 0 Å². The second-order valence-electron chi connectivity index (χ2n) is 4.61. The maximum absolute atomic E-state index is 9.63. The zero-order chi connectivity index (χ0) is 13.0. The highest BCUT2D eigenvalue weighted by atomic mass is 79.9. The Balaban J connectivity index is 1.78. The molecule has 100 valence electrons. The third-order valence-electron chi connectivity index (χ3n) is 3.11. The van der Waals surface area contributed by atoms with E-state index in [-0.39, 0.29) is 18.3 Å². The van der Waals surface area contributed by atoms with E-state index in [1.165, 1.54) is 0 Å². The number of hydrogen-bond donors (Lipinski definition) is 1. The zero-order valence-corrected chi connectivity index (χ0v) is 12.1. The first-order valence-electron chi connectivity index (χ1n) is 6.36. The summed E-state index contributed by atoms with van der Waals surface area (Å²) >= 11 is 3.40. The lowest BCUT2D eigenvalue weighted by atomic mass is 9.88. The van der Waals surface area contributed by atoms with Crippen molar-refractivity contribution in [2.45, 2.75) is 44.7 Å². The van der Waals surface area contributed by atoms with Crippen LogP contribution in [0.2, 0.25) is 0 Å². The number of ether oxygens (including phenoxy) is 2. The van der Waals surface area contributed by atoms with E-state index in [0.29, 0.717) is 19.6 Å². The summed E-state index contributed by atoms with van der Waals surface area (Å²) in [6.07, 6.45) is 1.13. The van der Waals surface area contributed by atoms with Gasteiger partial charge in [-0.2, -0.15) is 0 Å². The van der Waals surface area contributed by atoms with E-state index in [1.807, 2.05) is 24.3 Å². The first-order valence-corrected chi connectivity index (χ1v) is 7.15. The van der Waals surface area contributed by atoms with Gasteiger partial charge >= 0.3 is 0 Å². The van der Waals surface area contributed by atoms with Crippen LogP contribution in [-0.4, -0.2) is 30.0 Å². The lowest BCUT2D eigenvalue weighted by Crippen LogP contribution is -2.53. The maximum Gasteiger partial charge on any atom is 0.110 e. The molecule has 0 heterocycles. The van der Waals surface area contributed by atoms with Crippen molar-refractivity contribution in [1.82, 2.24) is 0 Å². The minimum Gasteiger partial charge on any atom is -0.390 e. The Hall–Kier alpha value is -0.420. The Bertz CT molecular complexity index is 366. The van der Waals surface area contributed by atoms with Gasteiger partial charge in [0.1, 0.15) is 6.10 Å². The third kappa shape index (κ3) is 3.54. The summed E-state index contributed by atoms with van der Waals surface area (Å²) < 4.78 is 12.4.